The van der Waals surface area contributed by atoms with Gasteiger partial charge in [0.25, 0.3) is 0 Å². The third-order valence-corrected chi connectivity index (χ3v) is 5.86. The van der Waals surface area contributed by atoms with Gasteiger partial charge < -0.3 is 4.89 Å². The zero-order chi connectivity index (χ0) is 23.6. The van der Waals surface area contributed by atoms with Gasteiger partial charge in [-0.3, -0.25) is 0 Å². The zero-order valence-corrected chi connectivity index (χ0v) is 21.0. The molecule has 1 atom stereocenters. The van der Waals surface area contributed by atoms with Gasteiger partial charge in [-0.05, 0) is 87.6 Å². The predicted molar refractivity (Wildman–Crippen MR) is 146 cm³/mol. The average Bonchev–Trinajstić information content (AvgIpc) is 2.84. The van der Waals surface area contributed by atoms with Crippen molar-refractivity contribution in [3.63, 3.8) is 0 Å². The molecule has 2 nitrogen and oxygen atoms in total. The summed E-state index contributed by atoms with van der Waals surface area (Å²) in [4.78, 5) is 11.7. The van der Waals surface area contributed by atoms with Crippen LogP contribution in [0.4, 0.5) is 0 Å². The van der Waals surface area contributed by atoms with Crippen molar-refractivity contribution < 1.29 is 4.89 Å². The Labute approximate surface area is 200 Å². The minimum atomic E-state index is 0.581. The fourth-order valence-corrected chi connectivity index (χ4v) is 4.18. The lowest BCUT2D eigenvalue weighted by atomic mass is 9.93. The number of aryl methyl sites for hydroxylation is 3. The van der Waals surface area contributed by atoms with E-state index in [1.807, 2.05) is 0 Å². The second-order valence-corrected chi connectivity index (χ2v) is 8.72. The molecule has 170 valence electrons. The van der Waals surface area contributed by atoms with Crippen LogP contribution in [0, 0.1) is 6.92 Å². The van der Waals surface area contributed by atoms with Crippen LogP contribution in [0.5, 0.6) is 0 Å². The van der Waals surface area contributed by atoms with Gasteiger partial charge in [0.2, 0.25) is 0 Å². The first-order valence-electron chi connectivity index (χ1n) is 11.6. The number of benzene rings is 3. The van der Waals surface area contributed by atoms with Gasteiger partial charge in [0.15, 0.2) is 0 Å². The highest BCUT2D eigenvalue weighted by molar-refractivity contribution is 7.08. The zero-order valence-electron chi connectivity index (χ0n) is 19.8. The molecule has 0 aliphatic carbocycles. The third-order valence-electron chi connectivity index (χ3n) is 5.86. The molecule has 0 saturated heterocycles. The van der Waals surface area contributed by atoms with Crippen LogP contribution in [0.25, 0.3) is 23.1 Å². The van der Waals surface area contributed by atoms with Crippen LogP contribution in [-0.2, 0) is 12.8 Å². The maximum atomic E-state index is 6.92. The van der Waals surface area contributed by atoms with E-state index in [2.05, 4.69) is 112 Å². The lowest BCUT2D eigenvalue weighted by molar-refractivity contribution is 0.664. The van der Waals surface area contributed by atoms with Gasteiger partial charge in [0.05, 0.1) is 11.2 Å². The van der Waals surface area contributed by atoms with Crippen LogP contribution in [0.2, 0.25) is 0 Å². The standard InChI is InChI=1S/C30H31N.H3OP/c1-22(2)29-13-5-4-11-26(29)12-7-10-24-8-6-9-25(21-24)15-18-28-19-17-27-16-14-23(3)20-30(27)31-28;1-2/h4-6,8-9,11,13-22H,7,10,12H2,1-3H3;1H,2H2/b18-15+;. The number of aromatic nitrogens is 1. The molecule has 4 aromatic rings. The van der Waals surface area contributed by atoms with Gasteiger partial charge in [-0.1, -0.05) is 86.7 Å². The highest BCUT2D eigenvalue weighted by Gasteiger charge is 2.05. The number of pyridine rings is 1. The Bertz CT molecular complexity index is 1210. The van der Waals surface area contributed by atoms with E-state index in [0.717, 1.165) is 24.1 Å². The normalized spacial score (nSPS) is 11.1. The molecule has 4 rings (SSSR count). The minimum absolute atomic E-state index is 0.581. The van der Waals surface area contributed by atoms with E-state index in [1.54, 1.807) is 0 Å². The summed E-state index contributed by atoms with van der Waals surface area (Å²) in [6.45, 7) is 6.66. The summed E-state index contributed by atoms with van der Waals surface area (Å²) in [5, 5.41) is 1.18. The van der Waals surface area contributed by atoms with Crippen molar-refractivity contribution in [2.24, 2.45) is 0 Å². The van der Waals surface area contributed by atoms with Crippen molar-refractivity contribution in [3.8, 4) is 0 Å². The van der Waals surface area contributed by atoms with Gasteiger partial charge in [-0.15, -0.1) is 0 Å². The largest absolute Gasteiger partial charge is 0.380 e. The maximum absolute atomic E-state index is 6.92. The molecule has 0 amide bonds. The SMILES string of the molecule is Cc1ccc2ccc(/C=C/c3cccc(CCCc4ccccc4C(C)C)c3)nc2c1.OP. The summed E-state index contributed by atoms with van der Waals surface area (Å²) in [5.41, 5.74) is 8.89. The second kappa shape index (κ2) is 12.4. The second-order valence-electron chi connectivity index (χ2n) is 8.72. The molecule has 0 fully saturated rings. The smallest absolute Gasteiger partial charge is 0.0711 e. The monoisotopic (exact) mass is 455 g/mol. The molecule has 1 heterocycles. The molecule has 1 unspecified atom stereocenters. The van der Waals surface area contributed by atoms with Gasteiger partial charge in [-0.2, -0.15) is 0 Å². The van der Waals surface area contributed by atoms with Crippen LogP contribution < -0.4 is 0 Å². The fourth-order valence-electron chi connectivity index (χ4n) is 4.18. The van der Waals surface area contributed by atoms with Gasteiger partial charge >= 0.3 is 0 Å². The van der Waals surface area contributed by atoms with Gasteiger partial charge in [0.1, 0.15) is 0 Å². The molecule has 33 heavy (non-hydrogen) atoms. The Balaban J connectivity index is 0.00000149. The molecule has 1 N–H and O–H groups in total. The van der Waals surface area contributed by atoms with E-state index >= 15 is 0 Å². The first-order valence-corrected chi connectivity index (χ1v) is 12.1. The van der Waals surface area contributed by atoms with E-state index in [0.29, 0.717) is 5.92 Å². The lowest BCUT2D eigenvalue weighted by Gasteiger charge is -2.12. The number of hydrogen-bond donors (Lipinski definition) is 1. The molecular weight excluding hydrogens is 421 g/mol. The fraction of sp³-hybridized carbons (Fsp3) is 0.233. The lowest BCUT2D eigenvalue weighted by Crippen LogP contribution is -1.97. The summed E-state index contributed by atoms with van der Waals surface area (Å²) in [5.74, 6) is 0.581. The summed E-state index contributed by atoms with van der Waals surface area (Å²) in [6.07, 6.45) is 7.68. The number of hydrogen-bond acceptors (Lipinski definition) is 2. The Morgan fingerprint density at radius 2 is 1.64 bits per heavy atom. The molecule has 0 radical (unpaired) electrons. The van der Waals surface area contributed by atoms with E-state index in [-0.39, 0.29) is 0 Å². The Morgan fingerprint density at radius 1 is 0.848 bits per heavy atom. The molecule has 0 aliphatic heterocycles. The number of rotatable bonds is 7. The Hall–Kier alpha value is -2.80. The van der Waals surface area contributed by atoms with Crippen LogP contribution in [0.3, 0.4) is 0 Å². The number of nitrogens with zero attached hydrogens (tertiary/aromatic N) is 1. The Kier molecular flexibility index (Phi) is 9.36. The molecule has 0 saturated carbocycles. The van der Waals surface area contributed by atoms with Crippen LogP contribution in [0.1, 0.15) is 59.7 Å². The van der Waals surface area contributed by atoms with Crippen molar-refractivity contribution in [3.05, 3.63) is 112 Å². The average molecular weight is 456 g/mol. The molecular formula is C30H34NOP. The van der Waals surface area contributed by atoms with Crippen LogP contribution in [-0.4, -0.2) is 9.88 Å². The summed E-state index contributed by atoms with van der Waals surface area (Å²) in [6, 6.07) is 28.4. The maximum Gasteiger partial charge on any atom is 0.0711 e. The first-order chi connectivity index (χ1) is 16.1. The minimum Gasteiger partial charge on any atom is -0.380 e. The summed E-state index contributed by atoms with van der Waals surface area (Å²) >= 11 is 0. The summed E-state index contributed by atoms with van der Waals surface area (Å²) in [7, 11) is 1.42. The van der Waals surface area contributed by atoms with Crippen LogP contribution in [0.15, 0.2) is 78.9 Å². The molecule has 0 bridgehead atoms. The molecule has 3 aromatic carbocycles. The van der Waals surface area contributed by atoms with E-state index in [9.17, 15) is 0 Å². The molecule has 0 spiro atoms. The van der Waals surface area contributed by atoms with Crippen LogP contribution >= 0.6 is 9.47 Å². The quantitative estimate of drug-likeness (QED) is 0.289. The third kappa shape index (κ3) is 7.09. The molecule has 1 aromatic heterocycles. The van der Waals surface area contributed by atoms with E-state index < -0.39 is 0 Å². The van der Waals surface area contributed by atoms with Crippen molar-refractivity contribution in [1.82, 2.24) is 4.98 Å². The van der Waals surface area contributed by atoms with Crippen molar-refractivity contribution in [2.45, 2.75) is 46.0 Å². The van der Waals surface area contributed by atoms with E-state index in [1.165, 1.54) is 49.1 Å². The molecule has 0 aliphatic rings. The van der Waals surface area contributed by atoms with Crippen molar-refractivity contribution in [1.29, 1.82) is 0 Å². The highest BCUT2D eigenvalue weighted by Crippen LogP contribution is 2.21. The van der Waals surface area contributed by atoms with Crippen molar-refractivity contribution >= 4 is 32.5 Å². The Morgan fingerprint density at radius 3 is 2.45 bits per heavy atom. The first kappa shape index (κ1) is 24.8. The van der Waals surface area contributed by atoms with Crippen molar-refractivity contribution in [2.75, 3.05) is 0 Å². The van der Waals surface area contributed by atoms with Gasteiger partial charge in [0, 0.05) is 5.39 Å². The number of fused-ring (bicyclic) bond motifs is 1. The molecule has 3 heteroatoms. The highest BCUT2D eigenvalue weighted by atomic mass is 31.0. The topological polar surface area (TPSA) is 33.1 Å². The summed E-state index contributed by atoms with van der Waals surface area (Å²) < 4.78 is 0. The van der Waals surface area contributed by atoms with E-state index in [4.69, 9.17) is 9.88 Å². The van der Waals surface area contributed by atoms with Gasteiger partial charge in [-0.25, -0.2) is 4.98 Å². The predicted octanol–water partition coefficient (Wildman–Crippen LogP) is 7.78.